The second-order valence-corrected chi connectivity index (χ2v) is 5.82. The highest BCUT2D eigenvalue weighted by Gasteiger charge is 2.27. The second-order valence-electron chi connectivity index (χ2n) is 5.82. The molecule has 0 aromatic heterocycles. The highest BCUT2D eigenvalue weighted by Crippen LogP contribution is 2.10. The number of nitrogens with zero attached hydrogens (tertiary/aromatic N) is 2. The summed E-state index contributed by atoms with van der Waals surface area (Å²) in [6, 6.07) is 5.61. The summed E-state index contributed by atoms with van der Waals surface area (Å²) in [5.41, 5.74) is 7.00. The van der Waals surface area contributed by atoms with Crippen LogP contribution in [0.25, 0.3) is 0 Å². The molecule has 1 saturated heterocycles. The van der Waals surface area contributed by atoms with E-state index in [1.807, 2.05) is 0 Å². The molecule has 0 spiro atoms. The maximum atomic E-state index is 12.5. The lowest BCUT2D eigenvalue weighted by molar-refractivity contribution is -0.134. The number of benzene rings is 1. The van der Waals surface area contributed by atoms with Gasteiger partial charge in [-0.3, -0.25) is 4.79 Å². The van der Waals surface area contributed by atoms with Crippen molar-refractivity contribution in [2.45, 2.75) is 19.4 Å². The van der Waals surface area contributed by atoms with Gasteiger partial charge in [-0.1, -0.05) is 12.1 Å². The number of aromatic carboxylic acids is 1. The van der Waals surface area contributed by atoms with Gasteiger partial charge in [0, 0.05) is 26.2 Å². The molecule has 8 heteroatoms. The maximum absolute atomic E-state index is 12.5. The summed E-state index contributed by atoms with van der Waals surface area (Å²) in [5, 5.41) is 8.89. The van der Waals surface area contributed by atoms with E-state index in [0.29, 0.717) is 39.2 Å². The minimum absolute atomic E-state index is 0.175. The van der Waals surface area contributed by atoms with Crippen LogP contribution in [0.15, 0.2) is 24.3 Å². The average Bonchev–Trinajstić information content (AvgIpc) is 2.61. The third-order valence-electron chi connectivity index (χ3n) is 4.09. The smallest absolute Gasteiger partial charge is 0.409 e. The first-order chi connectivity index (χ1) is 11.9. The van der Waals surface area contributed by atoms with E-state index in [1.165, 1.54) is 12.1 Å². The number of nitrogens with two attached hydrogens (primary N) is 1. The lowest BCUT2D eigenvalue weighted by Gasteiger charge is -2.35. The molecule has 0 aliphatic carbocycles. The Morgan fingerprint density at radius 2 is 1.68 bits per heavy atom. The molecular weight excluding hydrogens is 326 g/mol. The van der Waals surface area contributed by atoms with Gasteiger partial charge in [0.2, 0.25) is 5.91 Å². The number of piperazine rings is 1. The predicted octanol–water partition coefficient (Wildman–Crippen LogP) is 0.555. The molecule has 1 aliphatic heterocycles. The number of carbonyl (C=O) groups excluding carboxylic acids is 2. The fourth-order valence-electron chi connectivity index (χ4n) is 2.68. The van der Waals surface area contributed by atoms with E-state index in [-0.39, 0.29) is 17.6 Å². The fraction of sp³-hybridized carbons (Fsp3) is 0.471. The Morgan fingerprint density at radius 3 is 2.20 bits per heavy atom. The Labute approximate surface area is 146 Å². The monoisotopic (exact) mass is 349 g/mol. The molecule has 3 N–H and O–H groups in total. The first-order valence-corrected chi connectivity index (χ1v) is 8.20. The summed E-state index contributed by atoms with van der Waals surface area (Å²) in [7, 11) is 0. The molecule has 25 heavy (non-hydrogen) atoms. The molecule has 0 saturated carbocycles. The number of carboxylic acid groups (broad SMARTS) is 1. The minimum Gasteiger partial charge on any atom is -0.478 e. The SMILES string of the molecule is CCOC(=O)N1CCN(C(=O)C(N)Cc2ccc(C(=O)O)cc2)CC1. The normalized spacial score (nSPS) is 15.6. The van der Waals surface area contributed by atoms with Crippen LogP contribution in [-0.2, 0) is 16.0 Å². The second kappa shape index (κ2) is 8.48. The van der Waals surface area contributed by atoms with Crippen LogP contribution < -0.4 is 5.73 Å². The number of amides is 2. The molecule has 1 aromatic carbocycles. The highest BCUT2D eigenvalue weighted by atomic mass is 16.6. The zero-order chi connectivity index (χ0) is 18.4. The van der Waals surface area contributed by atoms with Gasteiger partial charge in [0.15, 0.2) is 0 Å². The summed E-state index contributed by atoms with van der Waals surface area (Å²) in [6.07, 6.45) is -0.0333. The van der Waals surface area contributed by atoms with E-state index in [0.717, 1.165) is 5.56 Å². The van der Waals surface area contributed by atoms with Gasteiger partial charge < -0.3 is 25.4 Å². The summed E-state index contributed by atoms with van der Waals surface area (Å²) in [4.78, 5) is 38.2. The molecule has 1 aliphatic rings. The van der Waals surface area contributed by atoms with Crippen LogP contribution in [0.3, 0.4) is 0 Å². The van der Waals surface area contributed by atoms with Crippen molar-refractivity contribution in [3.05, 3.63) is 35.4 Å². The zero-order valence-corrected chi connectivity index (χ0v) is 14.2. The van der Waals surface area contributed by atoms with Gasteiger partial charge in [-0.05, 0) is 31.0 Å². The van der Waals surface area contributed by atoms with Crippen molar-refractivity contribution in [2.24, 2.45) is 5.73 Å². The number of carbonyl (C=O) groups is 3. The topological polar surface area (TPSA) is 113 Å². The molecule has 0 radical (unpaired) electrons. The van der Waals surface area contributed by atoms with Gasteiger partial charge in [-0.15, -0.1) is 0 Å². The van der Waals surface area contributed by atoms with Crippen molar-refractivity contribution in [1.82, 2.24) is 9.80 Å². The van der Waals surface area contributed by atoms with Crippen molar-refractivity contribution in [2.75, 3.05) is 32.8 Å². The molecule has 1 fully saturated rings. The molecule has 1 heterocycles. The molecule has 1 aromatic rings. The van der Waals surface area contributed by atoms with Gasteiger partial charge in [-0.2, -0.15) is 0 Å². The van der Waals surface area contributed by atoms with E-state index in [9.17, 15) is 14.4 Å². The van der Waals surface area contributed by atoms with Crippen molar-refractivity contribution >= 4 is 18.0 Å². The standard InChI is InChI=1S/C17H23N3O5/c1-2-25-17(24)20-9-7-19(8-10-20)15(21)14(18)11-12-3-5-13(6-4-12)16(22)23/h3-6,14H,2,7-11,18H2,1H3,(H,22,23). The third-order valence-corrected chi connectivity index (χ3v) is 4.09. The lowest BCUT2D eigenvalue weighted by Crippen LogP contribution is -2.54. The molecule has 2 amide bonds. The third kappa shape index (κ3) is 4.93. The number of hydrogen-bond donors (Lipinski definition) is 2. The summed E-state index contributed by atoms with van der Waals surface area (Å²) >= 11 is 0. The number of hydrogen-bond acceptors (Lipinski definition) is 5. The number of ether oxygens (including phenoxy) is 1. The van der Waals surface area contributed by atoms with E-state index in [1.54, 1.807) is 28.9 Å². The van der Waals surface area contributed by atoms with Crippen molar-refractivity contribution in [3.63, 3.8) is 0 Å². The Balaban J connectivity index is 1.86. The van der Waals surface area contributed by atoms with Crippen LogP contribution in [0.4, 0.5) is 4.79 Å². The van der Waals surface area contributed by atoms with Crippen molar-refractivity contribution in [1.29, 1.82) is 0 Å². The quantitative estimate of drug-likeness (QED) is 0.803. The molecule has 1 unspecified atom stereocenters. The predicted molar refractivity (Wildman–Crippen MR) is 90.3 cm³/mol. The largest absolute Gasteiger partial charge is 0.478 e. The van der Waals surface area contributed by atoms with Crippen LogP contribution >= 0.6 is 0 Å². The number of carboxylic acids is 1. The molecule has 1 atom stereocenters. The zero-order valence-electron chi connectivity index (χ0n) is 14.2. The van der Waals surface area contributed by atoms with Gasteiger partial charge in [0.1, 0.15) is 0 Å². The molecule has 0 bridgehead atoms. The summed E-state index contributed by atoms with van der Waals surface area (Å²) < 4.78 is 4.95. The molecule has 8 nitrogen and oxygen atoms in total. The van der Waals surface area contributed by atoms with E-state index in [2.05, 4.69) is 0 Å². The number of rotatable bonds is 5. The summed E-state index contributed by atoms with van der Waals surface area (Å²) in [6.45, 7) is 3.75. The minimum atomic E-state index is -0.994. The first kappa shape index (κ1) is 18.7. The van der Waals surface area contributed by atoms with Gasteiger partial charge in [0.25, 0.3) is 0 Å². The Bertz CT molecular complexity index is 624. The van der Waals surface area contributed by atoms with Crippen LogP contribution in [0.2, 0.25) is 0 Å². The Morgan fingerprint density at radius 1 is 1.12 bits per heavy atom. The molecule has 136 valence electrons. The average molecular weight is 349 g/mol. The van der Waals surface area contributed by atoms with Gasteiger partial charge in [0.05, 0.1) is 18.2 Å². The van der Waals surface area contributed by atoms with E-state index in [4.69, 9.17) is 15.6 Å². The van der Waals surface area contributed by atoms with Crippen LogP contribution in [0, 0.1) is 0 Å². The van der Waals surface area contributed by atoms with Crippen molar-refractivity contribution in [3.8, 4) is 0 Å². The summed E-state index contributed by atoms with van der Waals surface area (Å²) in [5.74, 6) is -1.17. The van der Waals surface area contributed by atoms with Crippen LogP contribution in [0.5, 0.6) is 0 Å². The molecule has 2 rings (SSSR count). The highest BCUT2D eigenvalue weighted by molar-refractivity contribution is 5.87. The van der Waals surface area contributed by atoms with E-state index < -0.39 is 12.0 Å². The Kier molecular flexibility index (Phi) is 6.35. The van der Waals surface area contributed by atoms with Gasteiger partial charge >= 0.3 is 12.1 Å². The maximum Gasteiger partial charge on any atom is 0.409 e. The fourth-order valence-corrected chi connectivity index (χ4v) is 2.68. The first-order valence-electron chi connectivity index (χ1n) is 8.20. The molecular formula is C17H23N3O5. The van der Waals surface area contributed by atoms with E-state index >= 15 is 0 Å². The Hall–Kier alpha value is -2.61. The lowest BCUT2D eigenvalue weighted by atomic mass is 10.0. The van der Waals surface area contributed by atoms with Gasteiger partial charge in [-0.25, -0.2) is 9.59 Å². The van der Waals surface area contributed by atoms with Crippen molar-refractivity contribution < 1.29 is 24.2 Å². The van der Waals surface area contributed by atoms with Crippen LogP contribution in [0.1, 0.15) is 22.8 Å². The van der Waals surface area contributed by atoms with Crippen LogP contribution in [-0.4, -0.2) is 71.7 Å².